The molecule has 1 amide bonds. The number of thiophene rings is 1. The molecule has 0 spiro atoms. The van der Waals surface area contributed by atoms with Crippen LogP contribution in [0.3, 0.4) is 0 Å². The molecule has 1 aromatic carbocycles. The molecule has 0 radical (unpaired) electrons. The fourth-order valence-corrected chi connectivity index (χ4v) is 5.05. The highest BCUT2D eigenvalue weighted by Gasteiger charge is 2.21. The molecule has 1 unspecified atom stereocenters. The van der Waals surface area contributed by atoms with E-state index in [0.717, 1.165) is 35.0 Å². The second-order valence-corrected chi connectivity index (χ2v) is 8.41. The maximum Gasteiger partial charge on any atom is 0.259 e. The van der Waals surface area contributed by atoms with Gasteiger partial charge in [-0.05, 0) is 49.4 Å². The van der Waals surface area contributed by atoms with Crippen molar-refractivity contribution in [3.05, 3.63) is 61.5 Å². The van der Waals surface area contributed by atoms with Crippen LogP contribution in [0.1, 0.15) is 47.6 Å². The first-order valence-electron chi connectivity index (χ1n) is 9.09. The van der Waals surface area contributed by atoms with Crippen molar-refractivity contribution in [3.8, 4) is 0 Å². The summed E-state index contributed by atoms with van der Waals surface area (Å²) in [5.74, 6) is 0.483. The molecular formula is C20H20ClN3O2S. The molecule has 0 fully saturated rings. The lowest BCUT2D eigenvalue weighted by molar-refractivity contribution is -0.121. The smallest absolute Gasteiger partial charge is 0.259 e. The highest BCUT2D eigenvalue weighted by atomic mass is 35.5. The number of nitrogens with one attached hydrogen (secondary N) is 2. The molecule has 2 aromatic heterocycles. The van der Waals surface area contributed by atoms with Crippen molar-refractivity contribution in [1.82, 2.24) is 15.3 Å². The number of benzene rings is 1. The van der Waals surface area contributed by atoms with E-state index in [2.05, 4.69) is 15.3 Å². The summed E-state index contributed by atoms with van der Waals surface area (Å²) in [6.45, 7) is 1.92. The van der Waals surface area contributed by atoms with Gasteiger partial charge in [0.05, 0.1) is 11.4 Å². The summed E-state index contributed by atoms with van der Waals surface area (Å²) in [5.41, 5.74) is 2.04. The Morgan fingerprint density at radius 2 is 2.26 bits per heavy atom. The first-order valence-corrected chi connectivity index (χ1v) is 10.3. The third-order valence-corrected chi connectivity index (χ3v) is 6.36. The summed E-state index contributed by atoms with van der Waals surface area (Å²) >= 11 is 7.62. The Balaban J connectivity index is 1.42. The first kappa shape index (κ1) is 18.2. The molecule has 7 heteroatoms. The van der Waals surface area contributed by atoms with E-state index in [1.54, 1.807) is 17.4 Å². The largest absolute Gasteiger partial charge is 0.350 e. The molecule has 4 rings (SSSR count). The summed E-state index contributed by atoms with van der Waals surface area (Å²) in [7, 11) is 0. The van der Waals surface area contributed by atoms with Gasteiger partial charge in [0.25, 0.3) is 5.56 Å². The highest BCUT2D eigenvalue weighted by molar-refractivity contribution is 7.18. The Labute approximate surface area is 165 Å². The first-order chi connectivity index (χ1) is 13.0. The van der Waals surface area contributed by atoms with Crippen LogP contribution in [0, 0.1) is 0 Å². The SMILES string of the molecule is CC(NC(=O)CCc1nc2sc3c(c2c(=O)[nH]1)CCC3)c1cccc(Cl)c1. The zero-order valence-electron chi connectivity index (χ0n) is 15.0. The average molecular weight is 402 g/mol. The van der Waals surface area contributed by atoms with Crippen LogP contribution in [0.15, 0.2) is 29.1 Å². The monoisotopic (exact) mass is 401 g/mol. The van der Waals surface area contributed by atoms with Gasteiger partial charge in [0.15, 0.2) is 0 Å². The van der Waals surface area contributed by atoms with E-state index < -0.39 is 0 Å². The molecule has 27 heavy (non-hydrogen) atoms. The number of fused-ring (bicyclic) bond motifs is 3. The van der Waals surface area contributed by atoms with Crippen molar-refractivity contribution < 1.29 is 4.79 Å². The number of H-pyrrole nitrogens is 1. The molecule has 3 aromatic rings. The van der Waals surface area contributed by atoms with Crippen molar-refractivity contribution >= 4 is 39.1 Å². The molecule has 0 saturated carbocycles. The van der Waals surface area contributed by atoms with Gasteiger partial charge in [-0.25, -0.2) is 4.98 Å². The number of aromatic amines is 1. The molecular weight excluding hydrogens is 382 g/mol. The summed E-state index contributed by atoms with van der Waals surface area (Å²) in [6, 6.07) is 7.31. The Hall–Kier alpha value is -2.18. The fraction of sp³-hybridized carbons (Fsp3) is 0.350. The van der Waals surface area contributed by atoms with E-state index >= 15 is 0 Å². The van der Waals surface area contributed by atoms with Gasteiger partial charge in [0.1, 0.15) is 10.7 Å². The number of aromatic nitrogens is 2. The maximum absolute atomic E-state index is 12.5. The zero-order valence-corrected chi connectivity index (χ0v) is 16.5. The Kier molecular flexibility index (Phi) is 5.02. The van der Waals surface area contributed by atoms with Gasteiger partial charge in [-0.15, -0.1) is 11.3 Å². The van der Waals surface area contributed by atoms with Crippen molar-refractivity contribution in [2.45, 2.75) is 45.1 Å². The van der Waals surface area contributed by atoms with Crippen molar-refractivity contribution in [3.63, 3.8) is 0 Å². The van der Waals surface area contributed by atoms with Gasteiger partial charge in [-0.2, -0.15) is 0 Å². The van der Waals surface area contributed by atoms with Gasteiger partial charge in [0.2, 0.25) is 5.91 Å². The molecule has 5 nitrogen and oxygen atoms in total. The van der Waals surface area contributed by atoms with Crippen LogP contribution < -0.4 is 10.9 Å². The topological polar surface area (TPSA) is 74.8 Å². The summed E-state index contributed by atoms with van der Waals surface area (Å²) in [6.07, 6.45) is 3.79. The number of hydrogen-bond donors (Lipinski definition) is 2. The Bertz CT molecular complexity index is 1070. The third kappa shape index (κ3) is 3.77. The van der Waals surface area contributed by atoms with Crippen LogP contribution in [0.2, 0.25) is 5.02 Å². The van der Waals surface area contributed by atoms with Gasteiger partial charge < -0.3 is 10.3 Å². The molecule has 2 N–H and O–H groups in total. The number of rotatable bonds is 5. The molecule has 0 saturated heterocycles. The van der Waals surface area contributed by atoms with Gasteiger partial charge in [0, 0.05) is 22.7 Å². The number of nitrogens with zero attached hydrogens (tertiary/aromatic N) is 1. The van der Waals surface area contributed by atoms with Crippen LogP contribution in [-0.4, -0.2) is 15.9 Å². The molecule has 140 valence electrons. The number of carbonyl (C=O) groups is 1. The molecule has 1 atom stereocenters. The second kappa shape index (κ2) is 7.44. The number of halogens is 1. The Morgan fingerprint density at radius 3 is 3.07 bits per heavy atom. The van der Waals surface area contributed by atoms with Gasteiger partial charge in [-0.3, -0.25) is 9.59 Å². The molecule has 0 aliphatic heterocycles. The van der Waals surface area contributed by atoms with Gasteiger partial charge >= 0.3 is 0 Å². The number of aryl methyl sites for hydroxylation is 3. The van der Waals surface area contributed by atoms with Crippen LogP contribution >= 0.6 is 22.9 Å². The molecule has 1 aliphatic carbocycles. The fourth-order valence-electron chi connectivity index (χ4n) is 3.57. The van der Waals surface area contributed by atoms with Crippen molar-refractivity contribution in [2.75, 3.05) is 0 Å². The predicted molar refractivity (Wildman–Crippen MR) is 109 cm³/mol. The lowest BCUT2D eigenvalue weighted by atomic mass is 10.1. The zero-order chi connectivity index (χ0) is 19.0. The summed E-state index contributed by atoms with van der Waals surface area (Å²) < 4.78 is 0. The van der Waals surface area contributed by atoms with Gasteiger partial charge in [-0.1, -0.05) is 23.7 Å². The highest BCUT2D eigenvalue weighted by Crippen LogP contribution is 2.34. The maximum atomic E-state index is 12.5. The van der Waals surface area contributed by atoms with E-state index in [-0.39, 0.29) is 23.9 Å². The standard InChI is InChI=1S/C20H20ClN3O2S/c1-11(12-4-2-5-13(21)10-12)22-17(25)9-8-16-23-19(26)18-14-6-3-7-15(14)27-20(18)24-16/h2,4-5,10-11H,3,6-9H2,1H3,(H,22,25)(H,23,24,26). The van der Waals surface area contributed by atoms with E-state index in [9.17, 15) is 9.59 Å². The molecule has 1 aliphatic rings. The Morgan fingerprint density at radius 1 is 1.41 bits per heavy atom. The minimum atomic E-state index is -0.133. The van der Waals surface area contributed by atoms with Crippen LogP contribution in [0.4, 0.5) is 0 Å². The summed E-state index contributed by atoms with van der Waals surface area (Å²) in [4.78, 5) is 34.3. The quantitative estimate of drug-likeness (QED) is 0.680. The third-order valence-electron chi connectivity index (χ3n) is 4.94. The predicted octanol–water partition coefficient (Wildman–Crippen LogP) is 3.94. The van der Waals surface area contributed by atoms with E-state index in [1.165, 1.54) is 10.4 Å². The van der Waals surface area contributed by atoms with Crippen LogP contribution in [0.5, 0.6) is 0 Å². The normalized spacial score (nSPS) is 14.3. The lowest BCUT2D eigenvalue weighted by Crippen LogP contribution is -2.27. The van der Waals surface area contributed by atoms with Crippen molar-refractivity contribution in [1.29, 1.82) is 0 Å². The number of amides is 1. The molecule has 2 heterocycles. The minimum Gasteiger partial charge on any atom is -0.350 e. The average Bonchev–Trinajstić information content (AvgIpc) is 3.20. The summed E-state index contributed by atoms with van der Waals surface area (Å²) in [5, 5.41) is 4.35. The van der Waals surface area contributed by atoms with E-state index in [1.807, 2.05) is 25.1 Å². The molecule has 0 bridgehead atoms. The number of carbonyl (C=O) groups excluding carboxylic acids is 1. The van der Waals surface area contributed by atoms with Crippen molar-refractivity contribution in [2.24, 2.45) is 0 Å². The van der Waals surface area contributed by atoms with Crippen LogP contribution in [0.25, 0.3) is 10.2 Å². The second-order valence-electron chi connectivity index (χ2n) is 6.89. The van der Waals surface area contributed by atoms with E-state index in [0.29, 0.717) is 17.3 Å². The van der Waals surface area contributed by atoms with E-state index in [4.69, 9.17) is 11.6 Å². The lowest BCUT2D eigenvalue weighted by Gasteiger charge is -2.14. The minimum absolute atomic E-state index is 0.0814. The van der Waals surface area contributed by atoms with Crippen LogP contribution in [-0.2, 0) is 24.1 Å². The number of hydrogen-bond acceptors (Lipinski definition) is 4.